The van der Waals surface area contributed by atoms with Crippen molar-refractivity contribution in [2.75, 3.05) is 0 Å². The van der Waals surface area contributed by atoms with Crippen LogP contribution in [0.25, 0.3) is 0 Å². The molecule has 0 atom stereocenters. The third-order valence-corrected chi connectivity index (χ3v) is 12.2. The van der Waals surface area contributed by atoms with Crippen LogP contribution in [0.3, 0.4) is 0 Å². The molecule has 0 aromatic rings. The average Bonchev–Trinajstić information content (AvgIpc) is 1.20. The summed E-state index contributed by atoms with van der Waals surface area (Å²) in [4.78, 5) is 0. The van der Waals surface area contributed by atoms with Crippen molar-refractivity contribution >= 4 is 0 Å². The zero-order valence-electron chi connectivity index (χ0n) is 3.12. The maximum absolute atomic E-state index is 9.81. The van der Waals surface area contributed by atoms with E-state index in [1.54, 1.807) is 0 Å². The van der Waals surface area contributed by atoms with E-state index in [0.29, 0.717) is 0 Å². The molecule has 1 rings (SSSR count). The molecule has 8 heavy (non-hydrogen) atoms. The fourth-order valence-electron chi connectivity index (χ4n) is 0.139. The standard InChI is InChI=1S/6O.2Tb. The van der Waals surface area contributed by atoms with Crippen LogP contribution in [0.1, 0.15) is 0 Å². The van der Waals surface area contributed by atoms with Gasteiger partial charge in [0.25, 0.3) is 0 Å². The molecule has 1 aliphatic heterocycles. The zero-order valence-corrected chi connectivity index (χ0v) is 7.39. The Bertz CT molecular complexity index is 226. The van der Waals surface area contributed by atoms with Gasteiger partial charge in [-0.05, 0) is 0 Å². The summed E-state index contributed by atoms with van der Waals surface area (Å²) < 4.78 is 46.1. The van der Waals surface area contributed by atoms with Crippen molar-refractivity contribution in [1.82, 2.24) is 0 Å². The summed E-state index contributed by atoms with van der Waals surface area (Å²) in [5.74, 6) is 0. The van der Waals surface area contributed by atoms with E-state index >= 15 is 0 Å². The molecule has 0 radical (unpaired) electrons. The summed E-state index contributed by atoms with van der Waals surface area (Å²) in [5, 5.41) is 0. The summed E-state index contributed by atoms with van der Waals surface area (Å²) in [6.07, 6.45) is 0. The molecule has 1 saturated heterocycles. The molecule has 0 bridgehead atoms. The average molecular weight is 414 g/mol. The molecule has 6 nitrogen and oxygen atoms in total. The Hall–Kier alpha value is 1.69. The molecular weight excluding hydrogens is 414 g/mol. The first-order valence-electron chi connectivity index (χ1n) is 1.09. The predicted molar refractivity (Wildman–Crippen MR) is 4.92 cm³/mol. The van der Waals surface area contributed by atoms with Gasteiger partial charge in [-0.25, -0.2) is 0 Å². The van der Waals surface area contributed by atoms with Crippen molar-refractivity contribution in [2.24, 2.45) is 0 Å². The molecule has 0 aromatic carbocycles. The van der Waals surface area contributed by atoms with Crippen molar-refractivity contribution in [3.8, 4) is 0 Å². The molecule has 0 spiro atoms. The van der Waals surface area contributed by atoms with Crippen LogP contribution in [0.5, 0.6) is 0 Å². The minimum absolute atomic E-state index is 3.44. The second-order valence-electron chi connectivity index (χ2n) is 0.757. The Morgan fingerprint density at radius 3 is 1.00 bits per heavy atom. The van der Waals surface area contributed by atoms with Gasteiger partial charge in [-0.2, -0.15) is 0 Å². The van der Waals surface area contributed by atoms with Crippen LogP contribution in [0.4, 0.5) is 0 Å². The van der Waals surface area contributed by atoms with E-state index in [9.17, 15) is 5.31 Å². The molecule has 0 saturated carbocycles. The van der Waals surface area contributed by atoms with Gasteiger partial charge in [0.2, 0.25) is 0 Å². The molecule has 8 heteroatoms. The van der Waals surface area contributed by atoms with E-state index < -0.39 is 64.0 Å². The van der Waals surface area contributed by atoms with Gasteiger partial charge >= 0.3 is 65.2 Å². The van der Waals surface area contributed by atoms with Crippen LogP contribution in [-0.4, -0.2) is 0 Å². The molecule has 0 aromatic heterocycles. The Morgan fingerprint density at radius 1 is 0.750 bits per heavy atom. The van der Waals surface area contributed by atoms with E-state index in [1.165, 1.54) is 0 Å². The first-order valence-corrected chi connectivity index (χ1v) is 8.07. The van der Waals surface area contributed by atoms with Crippen LogP contribution in [0.2, 0.25) is 0 Å². The van der Waals surface area contributed by atoms with E-state index in [0.717, 1.165) is 0 Å². The summed E-state index contributed by atoms with van der Waals surface area (Å²) in [6, 6.07) is 0. The molecule has 1 fully saturated rings. The number of rotatable bonds is 0. The van der Waals surface area contributed by atoms with E-state index in [4.69, 9.17) is 0 Å². The normalized spacial score (nSPS) is 39.0. The van der Waals surface area contributed by atoms with Crippen LogP contribution in [-0.2, 0) is 1.18 Å². The molecular formula is O6Tb2. The molecule has 0 aliphatic carbocycles. The third-order valence-electron chi connectivity index (χ3n) is 0.222. The van der Waals surface area contributed by atoms with Gasteiger partial charge in [-0.1, -0.05) is 0 Å². The number of hydrogen-bond donors (Lipinski definition) is 0. The van der Waals surface area contributed by atoms with Gasteiger partial charge in [0.05, 0.1) is 0 Å². The topological polar surface area (TPSA) is 86.7 Å². The van der Waals surface area contributed by atoms with Gasteiger partial charge in [-0.3, -0.25) is 0 Å². The van der Waals surface area contributed by atoms with Crippen molar-refractivity contribution in [3.63, 3.8) is 0 Å². The summed E-state index contributed by atoms with van der Waals surface area (Å²) in [5.41, 5.74) is 0. The van der Waals surface area contributed by atoms with Gasteiger partial charge in [0.15, 0.2) is 0 Å². The molecule has 54 valence electrons. The molecule has 0 unspecified atom stereocenters. The van der Waals surface area contributed by atoms with Crippen LogP contribution in [0, 0.1) is 64.0 Å². The van der Waals surface area contributed by atoms with Gasteiger partial charge in [-0.15, -0.1) is 0 Å². The minimum atomic E-state index is -5.06. The Morgan fingerprint density at radius 2 is 1.00 bits per heavy atom. The Labute approximate surface area is 63.3 Å². The quantitative estimate of drug-likeness (QED) is 0.526. The molecule has 0 amide bonds. The van der Waals surface area contributed by atoms with Gasteiger partial charge in [0.1, 0.15) is 0 Å². The van der Waals surface area contributed by atoms with Crippen molar-refractivity contribution < 1.29 is 65.2 Å². The third kappa shape index (κ3) is 1.84. The van der Waals surface area contributed by atoms with Crippen molar-refractivity contribution in [3.05, 3.63) is 0 Å². The summed E-state index contributed by atoms with van der Waals surface area (Å²) in [6.45, 7) is 0. The van der Waals surface area contributed by atoms with Gasteiger partial charge < -0.3 is 0 Å². The Balaban J connectivity index is 3.00. The van der Waals surface area contributed by atoms with E-state index in [-0.39, 0.29) is 0 Å². The first kappa shape index (κ1) is 7.79. The van der Waals surface area contributed by atoms with E-state index in [2.05, 4.69) is -4.12 Å². The van der Waals surface area contributed by atoms with E-state index in [1.807, 2.05) is 0 Å². The zero-order chi connectivity index (χ0) is 6.41. The second-order valence-corrected chi connectivity index (χ2v) is 9.93. The first-order chi connectivity index (χ1) is 3.41. The summed E-state index contributed by atoms with van der Waals surface area (Å²) in [7, 11) is 0. The monoisotopic (exact) mass is 414 g/mol. The van der Waals surface area contributed by atoms with Crippen LogP contribution < -0.4 is 0 Å². The molecule has 1 aliphatic rings. The number of hydrogen-bond acceptors (Lipinski definition) is 6. The summed E-state index contributed by atoms with van der Waals surface area (Å²) >= 11 is -10.1. The maximum atomic E-state index is 9.81. The molecule has 1 heterocycles. The van der Waals surface area contributed by atoms with Crippen LogP contribution >= 0.6 is 0 Å². The second kappa shape index (κ2) is 2.09. The predicted octanol–water partition coefficient (Wildman–Crippen LogP) is -0.612. The SMILES string of the molecule is [O]=[Tb]1(=[O])[O][Tb](=[O])(=[O])[O]1. The van der Waals surface area contributed by atoms with Gasteiger partial charge in [0, 0.05) is 0 Å². The Kier molecular flexibility index (Phi) is 2.03. The van der Waals surface area contributed by atoms with Crippen molar-refractivity contribution in [1.29, 1.82) is 0 Å². The fraction of sp³-hybridized carbons (Fsp3) is 0. The van der Waals surface area contributed by atoms with Crippen LogP contribution in [0.15, 0.2) is 0 Å². The van der Waals surface area contributed by atoms with Crippen molar-refractivity contribution in [2.45, 2.75) is 0 Å². The fourth-order valence-corrected chi connectivity index (χ4v) is 7.67. The molecule has 0 N–H and O–H groups in total.